The van der Waals surface area contributed by atoms with Crippen LogP contribution < -0.4 is 4.74 Å². The zero-order chi connectivity index (χ0) is 20.3. The molecule has 1 radical (unpaired) electrons. The summed E-state index contributed by atoms with van der Waals surface area (Å²) in [5, 5.41) is 10.7. The van der Waals surface area contributed by atoms with Gasteiger partial charge in [-0.3, -0.25) is 4.98 Å². The van der Waals surface area contributed by atoms with Crippen LogP contribution in [0, 0.1) is 13.0 Å². The molecule has 5 heteroatoms. The summed E-state index contributed by atoms with van der Waals surface area (Å²) in [6, 6.07) is 12.5. The molecule has 143 valence electrons. The van der Waals surface area contributed by atoms with Crippen LogP contribution in [0.25, 0.3) is 12.2 Å². The van der Waals surface area contributed by atoms with Crippen molar-refractivity contribution < 1.29 is 9.84 Å². The fourth-order valence-corrected chi connectivity index (χ4v) is 3.79. The Balaban J connectivity index is 2.04. The lowest BCUT2D eigenvalue weighted by Crippen LogP contribution is -1.95. The number of pyridine rings is 1. The van der Waals surface area contributed by atoms with Gasteiger partial charge < -0.3 is 9.84 Å². The maximum atomic E-state index is 10.7. The minimum atomic E-state index is 0.148. The van der Waals surface area contributed by atoms with E-state index in [1.807, 2.05) is 63.3 Å². The van der Waals surface area contributed by atoms with Crippen LogP contribution in [0.15, 0.2) is 51.7 Å². The van der Waals surface area contributed by atoms with Gasteiger partial charge in [0.1, 0.15) is 11.5 Å². The first kappa shape index (κ1) is 20.6. The summed E-state index contributed by atoms with van der Waals surface area (Å²) < 4.78 is 7.84. The van der Waals surface area contributed by atoms with E-state index < -0.39 is 0 Å². The number of hydrogen-bond donors (Lipinski definition) is 1. The molecule has 0 aliphatic carbocycles. The van der Waals surface area contributed by atoms with Crippen LogP contribution >= 0.6 is 31.9 Å². The van der Waals surface area contributed by atoms with Crippen molar-refractivity contribution >= 4 is 44.0 Å². The van der Waals surface area contributed by atoms with Gasteiger partial charge in [0.15, 0.2) is 5.75 Å². The Morgan fingerprint density at radius 2 is 1.86 bits per heavy atom. The van der Waals surface area contributed by atoms with Gasteiger partial charge >= 0.3 is 0 Å². The number of benzene rings is 2. The number of rotatable bonds is 5. The summed E-state index contributed by atoms with van der Waals surface area (Å²) in [7, 11) is 0. The molecule has 0 saturated heterocycles. The third-order valence-corrected chi connectivity index (χ3v) is 5.85. The van der Waals surface area contributed by atoms with Crippen LogP contribution in [0.2, 0.25) is 0 Å². The van der Waals surface area contributed by atoms with Gasteiger partial charge in [0.25, 0.3) is 0 Å². The molecule has 0 unspecified atom stereocenters. The number of aromatic hydroxyl groups is 1. The fraction of sp³-hybridized carbons (Fsp3) is 0.174. The maximum Gasteiger partial charge on any atom is 0.156 e. The first-order valence-corrected chi connectivity index (χ1v) is 10.4. The van der Waals surface area contributed by atoms with Gasteiger partial charge in [-0.25, -0.2) is 0 Å². The van der Waals surface area contributed by atoms with Crippen molar-refractivity contribution in [2.24, 2.45) is 0 Å². The van der Waals surface area contributed by atoms with E-state index in [1.54, 1.807) is 12.4 Å². The number of phenolic OH excluding ortho intramolecular Hbond substituents is 1. The van der Waals surface area contributed by atoms with Gasteiger partial charge in [-0.05, 0) is 92.2 Å². The molecule has 0 amide bonds. The molecule has 3 nitrogen and oxygen atoms in total. The standard InChI is InChI=1S/C23H20Br2NO2/c1-14(2)19-13-18(28-23-20(24)7-4-15(3)21(23)25)12-17(22(19)27)6-5-16-8-10-26-11-9-16/h5-14,27H,1-3H3/b6-5+. The summed E-state index contributed by atoms with van der Waals surface area (Å²) in [5.74, 6) is 1.75. The van der Waals surface area contributed by atoms with E-state index in [-0.39, 0.29) is 11.7 Å². The normalized spacial score (nSPS) is 11.4. The largest absolute Gasteiger partial charge is 0.507 e. The van der Waals surface area contributed by atoms with Crippen molar-refractivity contribution in [1.29, 1.82) is 0 Å². The van der Waals surface area contributed by atoms with Crippen molar-refractivity contribution in [3.63, 3.8) is 0 Å². The average Bonchev–Trinajstić information content (AvgIpc) is 2.68. The number of ether oxygens (including phenoxy) is 1. The molecule has 0 atom stereocenters. The Bertz CT molecular complexity index is 1010. The van der Waals surface area contributed by atoms with Crippen molar-refractivity contribution in [3.8, 4) is 17.2 Å². The summed E-state index contributed by atoms with van der Waals surface area (Å²) in [6.07, 6.45) is 7.31. The Labute approximate surface area is 182 Å². The first-order chi connectivity index (χ1) is 13.4. The Kier molecular flexibility index (Phi) is 6.57. The van der Waals surface area contributed by atoms with Crippen LogP contribution in [0.4, 0.5) is 0 Å². The van der Waals surface area contributed by atoms with Crippen LogP contribution in [0.3, 0.4) is 0 Å². The number of hydrogen-bond acceptors (Lipinski definition) is 3. The van der Waals surface area contributed by atoms with E-state index in [2.05, 4.69) is 42.9 Å². The molecule has 0 aliphatic heterocycles. The minimum Gasteiger partial charge on any atom is -0.507 e. The van der Waals surface area contributed by atoms with Gasteiger partial charge in [-0.1, -0.05) is 26.0 Å². The Hall–Kier alpha value is -2.11. The van der Waals surface area contributed by atoms with Gasteiger partial charge in [0.05, 0.1) is 8.95 Å². The number of phenols is 1. The highest BCUT2D eigenvalue weighted by atomic mass is 79.9. The van der Waals surface area contributed by atoms with Crippen molar-refractivity contribution in [2.45, 2.75) is 26.7 Å². The molecular weight excluding hydrogens is 482 g/mol. The SMILES string of the molecule is Cc1[c]cc(Br)c(Oc2cc(/C=C/c3ccncc3)c(O)c(C(C)C)c2)c1Br. The zero-order valence-corrected chi connectivity index (χ0v) is 19.0. The van der Waals surface area contributed by atoms with Crippen molar-refractivity contribution in [1.82, 2.24) is 4.98 Å². The predicted octanol–water partition coefficient (Wildman–Crippen LogP) is 7.51. The van der Waals surface area contributed by atoms with E-state index in [0.717, 1.165) is 25.6 Å². The van der Waals surface area contributed by atoms with Crippen molar-refractivity contribution in [2.75, 3.05) is 0 Å². The molecule has 0 saturated carbocycles. The third-order valence-electron chi connectivity index (χ3n) is 4.31. The lowest BCUT2D eigenvalue weighted by molar-refractivity contribution is 0.451. The van der Waals surface area contributed by atoms with Crippen LogP contribution in [-0.4, -0.2) is 10.1 Å². The van der Waals surface area contributed by atoms with Gasteiger partial charge in [0, 0.05) is 23.5 Å². The van der Waals surface area contributed by atoms with E-state index >= 15 is 0 Å². The van der Waals surface area contributed by atoms with Crippen LogP contribution in [0.5, 0.6) is 17.2 Å². The summed E-state index contributed by atoms with van der Waals surface area (Å²) in [6.45, 7) is 6.05. The smallest absolute Gasteiger partial charge is 0.156 e. The molecule has 2 aromatic carbocycles. The molecular formula is C23H20Br2NO2. The molecule has 3 aromatic rings. The molecule has 1 aromatic heterocycles. The minimum absolute atomic E-state index is 0.148. The summed E-state index contributed by atoms with van der Waals surface area (Å²) in [4.78, 5) is 4.03. The maximum absolute atomic E-state index is 10.7. The Morgan fingerprint density at radius 1 is 1.14 bits per heavy atom. The molecule has 0 fully saturated rings. The van der Waals surface area contributed by atoms with Gasteiger partial charge in [0.2, 0.25) is 0 Å². The number of halogens is 2. The first-order valence-electron chi connectivity index (χ1n) is 8.86. The number of aromatic nitrogens is 1. The second-order valence-electron chi connectivity index (χ2n) is 6.73. The monoisotopic (exact) mass is 500 g/mol. The van der Waals surface area contributed by atoms with Crippen LogP contribution in [-0.2, 0) is 0 Å². The molecule has 0 spiro atoms. The third kappa shape index (κ3) is 4.65. The summed E-state index contributed by atoms with van der Waals surface area (Å²) >= 11 is 7.10. The van der Waals surface area contributed by atoms with Crippen LogP contribution in [0.1, 0.15) is 42.0 Å². The highest BCUT2D eigenvalue weighted by molar-refractivity contribution is 9.11. The highest BCUT2D eigenvalue weighted by Gasteiger charge is 2.15. The number of aryl methyl sites for hydroxylation is 1. The van der Waals surface area contributed by atoms with Gasteiger partial charge in [-0.2, -0.15) is 0 Å². The predicted molar refractivity (Wildman–Crippen MR) is 121 cm³/mol. The fourth-order valence-electron chi connectivity index (χ4n) is 2.73. The Morgan fingerprint density at radius 3 is 2.54 bits per heavy atom. The molecule has 1 N–H and O–H groups in total. The number of nitrogens with zero attached hydrogens (tertiary/aromatic N) is 1. The molecule has 3 rings (SSSR count). The van der Waals surface area contributed by atoms with E-state index in [1.165, 1.54) is 0 Å². The second kappa shape index (κ2) is 8.93. The zero-order valence-electron chi connectivity index (χ0n) is 15.8. The van der Waals surface area contributed by atoms with E-state index in [4.69, 9.17) is 4.74 Å². The van der Waals surface area contributed by atoms with Gasteiger partial charge in [-0.15, -0.1) is 0 Å². The molecule has 0 aliphatic rings. The topological polar surface area (TPSA) is 42.4 Å². The van der Waals surface area contributed by atoms with E-state index in [9.17, 15) is 5.11 Å². The lowest BCUT2D eigenvalue weighted by atomic mass is 9.98. The average molecular weight is 502 g/mol. The van der Waals surface area contributed by atoms with E-state index in [0.29, 0.717) is 17.1 Å². The molecule has 28 heavy (non-hydrogen) atoms. The molecule has 1 heterocycles. The second-order valence-corrected chi connectivity index (χ2v) is 8.37. The lowest BCUT2D eigenvalue weighted by Gasteiger charge is -2.16. The highest BCUT2D eigenvalue weighted by Crippen LogP contribution is 2.41. The molecule has 0 bridgehead atoms. The van der Waals surface area contributed by atoms with Crippen molar-refractivity contribution in [3.05, 3.63) is 80.0 Å². The summed E-state index contributed by atoms with van der Waals surface area (Å²) in [5.41, 5.74) is 3.49. The quantitative estimate of drug-likeness (QED) is 0.393.